The van der Waals surface area contributed by atoms with Crippen molar-refractivity contribution in [3.63, 3.8) is 0 Å². The smallest absolute Gasteiger partial charge is 0.280 e. The Balaban J connectivity index is 1.72. The highest BCUT2D eigenvalue weighted by molar-refractivity contribution is 5.95. The van der Waals surface area contributed by atoms with E-state index in [0.29, 0.717) is 17.1 Å². The van der Waals surface area contributed by atoms with E-state index in [2.05, 4.69) is 10.5 Å². The van der Waals surface area contributed by atoms with Crippen LogP contribution < -0.4 is 5.43 Å². The van der Waals surface area contributed by atoms with Crippen LogP contribution in [0.15, 0.2) is 70.2 Å². The van der Waals surface area contributed by atoms with Gasteiger partial charge in [-0.25, -0.2) is 5.43 Å². The van der Waals surface area contributed by atoms with Gasteiger partial charge in [-0.2, -0.15) is 5.10 Å². The summed E-state index contributed by atoms with van der Waals surface area (Å²) in [6.07, 6.45) is 1.28. The van der Waals surface area contributed by atoms with E-state index < -0.39 is 10.8 Å². The molecule has 0 spiro atoms. The first-order valence-electron chi connectivity index (χ1n) is 7.50. The van der Waals surface area contributed by atoms with Crippen LogP contribution in [-0.4, -0.2) is 22.2 Å². The average Bonchev–Trinajstić information content (AvgIpc) is 3.10. The van der Waals surface area contributed by atoms with Crippen molar-refractivity contribution < 1.29 is 19.2 Å². The number of phenols is 1. The maximum Gasteiger partial charge on any atom is 0.280 e. The molecule has 8 nitrogen and oxygen atoms in total. The van der Waals surface area contributed by atoms with Crippen LogP contribution in [-0.2, 0) is 0 Å². The van der Waals surface area contributed by atoms with Crippen molar-refractivity contribution in [2.75, 3.05) is 0 Å². The molecule has 0 radical (unpaired) electrons. The summed E-state index contributed by atoms with van der Waals surface area (Å²) in [6.45, 7) is 0. The van der Waals surface area contributed by atoms with Crippen LogP contribution in [0.2, 0.25) is 0 Å². The number of nitro groups is 1. The normalized spacial score (nSPS) is 10.8. The SMILES string of the molecule is O=C(NN=Cc1ccc(-c2ccccc2[N+](=O)[O-])o1)c1cccc(O)c1. The van der Waals surface area contributed by atoms with Crippen LogP contribution in [0.5, 0.6) is 5.75 Å². The van der Waals surface area contributed by atoms with Gasteiger partial charge in [0, 0.05) is 11.6 Å². The molecule has 0 atom stereocenters. The maximum absolute atomic E-state index is 11.9. The zero-order valence-electron chi connectivity index (χ0n) is 13.3. The highest BCUT2D eigenvalue weighted by atomic mass is 16.6. The van der Waals surface area contributed by atoms with Crippen molar-refractivity contribution >= 4 is 17.8 Å². The van der Waals surface area contributed by atoms with Crippen molar-refractivity contribution in [2.45, 2.75) is 0 Å². The topological polar surface area (TPSA) is 118 Å². The van der Waals surface area contributed by atoms with Gasteiger partial charge in [0.1, 0.15) is 17.3 Å². The lowest BCUT2D eigenvalue weighted by Gasteiger charge is -2.00. The summed E-state index contributed by atoms with van der Waals surface area (Å²) in [5.74, 6) is 0.108. The van der Waals surface area contributed by atoms with E-state index in [1.54, 1.807) is 36.4 Å². The second-order valence-corrected chi connectivity index (χ2v) is 5.23. The molecule has 0 bridgehead atoms. The second kappa shape index (κ2) is 7.31. The quantitative estimate of drug-likeness (QED) is 0.415. The Morgan fingerprint density at radius 2 is 1.96 bits per heavy atom. The number of nitrogens with one attached hydrogen (secondary N) is 1. The molecule has 0 fully saturated rings. The number of hydrazone groups is 1. The molecular weight excluding hydrogens is 338 g/mol. The average molecular weight is 351 g/mol. The van der Waals surface area contributed by atoms with Gasteiger partial charge in [0.05, 0.1) is 16.7 Å². The molecule has 0 saturated heterocycles. The molecule has 1 aromatic heterocycles. The lowest BCUT2D eigenvalue weighted by molar-refractivity contribution is -0.384. The van der Waals surface area contributed by atoms with E-state index in [0.717, 1.165) is 0 Å². The molecule has 8 heteroatoms. The predicted octanol–water partition coefficient (Wildman–Crippen LogP) is 3.32. The van der Waals surface area contributed by atoms with E-state index in [1.807, 2.05) is 0 Å². The number of phenolic OH excluding ortho intramolecular Hbond substituents is 1. The number of amides is 1. The number of aromatic hydroxyl groups is 1. The number of hydrogen-bond acceptors (Lipinski definition) is 6. The molecule has 1 amide bonds. The third kappa shape index (κ3) is 3.75. The Labute approximate surface area is 147 Å². The van der Waals surface area contributed by atoms with Gasteiger partial charge in [-0.15, -0.1) is 0 Å². The summed E-state index contributed by atoms with van der Waals surface area (Å²) in [6, 6.07) is 15.2. The Hall–Kier alpha value is -3.94. The van der Waals surface area contributed by atoms with Gasteiger partial charge >= 0.3 is 0 Å². The monoisotopic (exact) mass is 351 g/mol. The maximum atomic E-state index is 11.9. The van der Waals surface area contributed by atoms with Crippen molar-refractivity contribution in [1.29, 1.82) is 0 Å². The number of benzene rings is 2. The van der Waals surface area contributed by atoms with Crippen LogP contribution in [0.1, 0.15) is 16.1 Å². The van der Waals surface area contributed by atoms with E-state index in [-0.39, 0.29) is 17.0 Å². The molecule has 3 aromatic rings. The summed E-state index contributed by atoms with van der Waals surface area (Å²) in [5.41, 5.74) is 2.84. The Morgan fingerprint density at radius 3 is 2.73 bits per heavy atom. The van der Waals surface area contributed by atoms with E-state index >= 15 is 0 Å². The molecule has 0 saturated carbocycles. The molecule has 0 unspecified atom stereocenters. The minimum Gasteiger partial charge on any atom is -0.508 e. The molecule has 0 aliphatic rings. The minimum atomic E-state index is -0.498. The molecule has 0 aliphatic carbocycles. The first-order valence-corrected chi connectivity index (χ1v) is 7.50. The lowest BCUT2D eigenvalue weighted by Crippen LogP contribution is -2.17. The molecular formula is C18H13N3O5. The third-order valence-electron chi connectivity index (χ3n) is 3.46. The van der Waals surface area contributed by atoms with Crippen LogP contribution in [0, 0.1) is 10.1 Å². The Kier molecular flexibility index (Phi) is 4.75. The largest absolute Gasteiger partial charge is 0.508 e. The van der Waals surface area contributed by atoms with Crippen molar-refractivity contribution in [1.82, 2.24) is 5.43 Å². The van der Waals surface area contributed by atoms with Crippen molar-refractivity contribution in [3.8, 4) is 17.1 Å². The van der Waals surface area contributed by atoms with Gasteiger partial charge < -0.3 is 9.52 Å². The van der Waals surface area contributed by atoms with Gasteiger partial charge in [0.25, 0.3) is 11.6 Å². The molecule has 3 rings (SSSR count). The molecule has 1 heterocycles. The highest BCUT2D eigenvalue weighted by Crippen LogP contribution is 2.30. The number of rotatable bonds is 5. The lowest BCUT2D eigenvalue weighted by atomic mass is 10.1. The Bertz CT molecular complexity index is 994. The summed E-state index contributed by atoms with van der Waals surface area (Å²) >= 11 is 0. The Morgan fingerprint density at radius 1 is 1.15 bits per heavy atom. The highest BCUT2D eigenvalue weighted by Gasteiger charge is 2.16. The molecule has 26 heavy (non-hydrogen) atoms. The van der Waals surface area contributed by atoms with Crippen LogP contribution in [0.25, 0.3) is 11.3 Å². The van der Waals surface area contributed by atoms with Gasteiger partial charge in [-0.1, -0.05) is 18.2 Å². The van der Waals surface area contributed by atoms with E-state index in [1.165, 1.54) is 30.5 Å². The fourth-order valence-corrected chi connectivity index (χ4v) is 2.27. The molecule has 2 aromatic carbocycles. The summed E-state index contributed by atoms with van der Waals surface area (Å²) in [5, 5.41) is 24.2. The zero-order valence-corrected chi connectivity index (χ0v) is 13.3. The number of nitrogens with zero attached hydrogens (tertiary/aromatic N) is 2. The van der Waals surface area contributed by atoms with Crippen LogP contribution in [0.3, 0.4) is 0 Å². The zero-order chi connectivity index (χ0) is 18.5. The van der Waals surface area contributed by atoms with Gasteiger partial charge in [0.15, 0.2) is 0 Å². The number of nitro benzene ring substituents is 1. The van der Waals surface area contributed by atoms with Gasteiger partial charge in [-0.05, 0) is 36.4 Å². The van der Waals surface area contributed by atoms with Crippen LogP contribution >= 0.6 is 0 Å². The number of hydrogen-bond donors (Lipinski definition) is 2. The van der Waals surface area contributed by atoms with Gasteiger partial charge in [-0.3, -0.25) is 14.9 Å². The number of carbonyl (C=O) groups excluding carboxylic acids is 1. The molecule has 2 N–H and O–H groups in total. The second-order valence-electron chi connectivity index (χ2n) is 5.23. The number of furan rings is 1. The van der Waals surface area contributed by atoms with Crippen molar-refractivity contribution in [3.05, 3.63) is 82.1 Å². The molecule has 130 valence electrons. The minimum absolute atomic E-state index is 0.0261. The number of carbonyl (C=O) groups is 1. The summed E-state index contributed by atoms with van der Waals surface area (Å²) < 4.78 is 5.52. The fourth-order valence-electron chi connectivity index (χ4n) is 2.27. The summed E-state index contributed by atoms with van der Waals surface area (Å²) in [7, 11) is 0. The van der Waals surface area contributed by atoms with Gasteiger partial charge in [0.2, 0.25) is 0 Å². The predicted molar refractivity (Wildman–Crippen MR) is 94.0 cm³/mol. The van der Waals surface area contributed by atoms with E-state index in [4.69, 9.17) is 4.42 Å². The first kappa shape index (κ1) is 16.9. The fraction of sp³-hybridized carbons (Fsp3) is 0. The first-order chi connectivity index (χ1) is 12.5. The molecule has 0 aliphatic heterocycles. The standard InChI is InChI=1S/C18H13N3O5/c22-13-5-3-4-12(10-13)18(23)20-19-11-14-8-9-17(26-14)15-6-1-2-7-16(15)21(24)25/h1-11,22H,(H,20,23). The van der Waals surface area contributed by atoms with E-state index in [9.17, 15) is 20.0 Å². The van der Waals surface area contributed by atoms with Crippen molar-refractivity contribution in [2.24, 2.45) is 5.10 Å². The third-order valence-corrected chi connectivity index (χ3v) is 3.46. The number of para-hydroxylation sites is 1. The van der Waals surface area contributed by atoms with Crippen LogP contribution in [0.4, 0.5) is 5.69 Å². The summed E-state index contributed by atoms with van der Waals surface area (Å²) in [4.78, 5) is 22.5.